The van der Waals surface area contributed by atoms with Gasteiger partial charge in [0.2, 0.25) is 0 Å². The standard InChI is InChI=1S/C20H19BrN2O2/c21-16-6-3-15(4-7-16)19(23-10-12-25-13-11-23)17-8-5-14-2-1-9-22-18(14)20(17)24/h1-9,19,24H,10-13H2/p+1/t19-/m1/s1. The summed E-state index contributed by atoms with van der Waals surface area (Å²) in [5, 5.41) is 11.9. The Morgan fingerprint density at radius 2 is 1.80 bits per heavy atom. The third kappa shape index (κ3) is 3.27. The second kappa shape index (κ2) is 7.12. The van der Waals surface area contributed by atoms with E-state index in [0.717, 1.165) is 41.7 Å². The van der Waals surface area contributed by atoms with E-state index < -0.39 is 0 Å². The summed E-state index contributed by atoms with van der Waals surface area (Å²) in [4.78, 5) is 5.79. The number of halogens is 1. The van der Waals surface area contributed by atoms with Crippen LogP contribution in [0.5, 0.6) is 5.75 Å². The Morgan fingerprint density at radius 1 is 1.04 bits per heavy atom. The third-order valence-corrected chi connectivity index (χ3v) is 5.37. The quantitative estimate of drug-likeness (QED) is 0.711. The molecule has 0 radical (unpaired) electrons. The second-order valence-corrected chi connectivity index (χ2v) is 7.25. The van der Waals surface area contributed by atoms with Gasteiger partial charge in [-0.05, 0) is 24.3 Å². The molecule has 1 saturated heterocycles. The Morgan fingerprint density at radius 3 is 2.56 bits per heavy atom. The molecule has 0 amide bonds. The largest absolute Gasteiger partial charge is 0.505 e. The van der Waals surface area contributed by atoms with Crippen molar-refractivity contribution in [1.82, 2.24) is 4.98 Å². The molecule has 0 saturated carbocycles. The molecule has 0 unspecified atom stereocenters. The van der Waals surface area contributed by atoms with Crippen molar-refractivity contribution in [2.24, 2.45) is 0 Å². The molecule has 1 aromatic heterocycles. The summed E-state index contributed by atoms with van der Waals surface area (Å²) in [7, 11) is 0. The topological polar surface area (TPSA) is 46.8 Å². The summed E-state index contributed by atoms with van der Waals surface area (Å²) in [6.45, 7) is 3.32. The molecule has 3 aromatic rings. The number of ether oxygens (including phenoxy) is 1. The molecule has 2 aromatic carbocycles. The number of aromatic nitrogens is 1. The van der Waals surface area contributed by atoms with Gasteiger partial charge < -0.3 is 14.7 Å². The van der Waals surface area contributed by atoms with Crippen LogP contribution < -0.4 is 4.90 Å². The Kier molecular flexibility index (Phi) is 4.70. The predicted molar refractivity (Wildman–Crippen MR) is 101 cm³/mol. The number of benzene rings is 2. The maximum atomic E-state index is 11.0. The van der Waals surface area contributed by atoms with Crippen molar-refractivity contribution in [1.29, 1.82) is 0 Å². The number of pyridine rings is 1. The minimum atomic E-state index is 0.0587. The van der Waals surface area contributed by atoms with Gasteiger partial charge >= 0.3 is 0 Å². The Bertz CT molecular complexity index is 877. The van der Waals surface area contributed by atoms with Gasteiger partial charge in [0, 0.05) is 21.6 Å². The molecule has 2 heterocycles. The number of quaternary nitrogens is 1. The van der Waals surface area contributed by atoms with Crippen LogP contribution in [-0.4, -0.2) is 36.4 Å². The van der Waals surface area contributed by atoms with Crippen molar-refractivity contribution >= 4 is 26.8 Å². The van der Waals surface area contributed by atoms with Crippen molar-refractivity contribution < 1.29 is 14.7 Å². The van der Waals surface area contributed by atoms with Gasteiger partial charge in [-0.1, -0.05) is 40.2 Å². The molecule has 1 aliphatic heterocycles. The molecule has 4 rings (SSSR count). The highest BCUT2D eigenvalue weighted by Gasteiger charge is 2.30. The number of morpholine rings is 1. The van der Waals surface area contributed by atoms with Crippen LogP contribution in [0.15, 0.2) is 59.2 Å². The lowest BCUT2D eigenvalue weighted by atomic mass is 9.94. The molecule has 128 valence electrons. The number of aromatic hydroxyl groups is 1. The average Bonchev–Trinajstić information content (AvgIpc) is 2.66. The Hall–Kier alpha value is -1.95. The summed E-state index contributed by atoms with van der Waals surface area (Å²) >= 11 is 3.51. The van der Waals surface area contributed by atoms with Crippen LogP contribution in [0.2, 0.25) is 0 Å². The van der Waals surface area contributed by atoms with E-state index >= 15 is 0 Å². The van der Waals surface area contributed by atoms with Crippen LogP contribution in [0.4, 0.5) is 0 Å². The smallest absolute Gasteiger partial charge is 0.151 e. The predicted octanol–water partition coefficient (Wildman–Crippen LogP) is 2.71. The zero-order valence-electron chi connectivity index (χ0n) is 13.8. The number of hydrogen-bond donors (Lipinski definition) is 2. The van der Waals surface area contributed by atoms with Crippen LogP contribution in [-0.2, 0) is 4.74 Å². The summed E-state index contributed by atoms with van der Waals surface area (Å²) in [6.07, 6.45) is 1.72. The first-order valence-corrected chi connectivity index (χ1v) is 9.28. The van der Waals surface area contributed by atoms with Gasteiger partial charge in [-0.2, -0.15) is 0 Å². The number of fused-ring (bicyclic) bond motifs is 1. The van der Waals surface area contributed by atoms with E-state index in [2.05, 4.69) is 45.2 Å². The fraction of sp³-hybridized carbons (Fsp3) is 0.250. The zero-order valence-corrected chi connectivity index (χ0v) is 15.4. The maximum absolute atomic E-state index is 11.0. The van der Waals surface area contributed by atoms with Gasteiger partial charge in [-0.3, -0.25) is 4.98 Å². The summed E-state index contributed by atoms with van der Waals surface area (Å²) in [5.74, 6) is 0.282. The van der Waals surface area contributed by atoms with E-state index in [1.165, 1.54) is 10.5 Å². The molecule has 0 bridgehead atoms. The lowest BCUT2D eigenvalue weighted by molar-refractivity contribution is -0.933. The van der Waals surface area contributed by atoms with Crippen LogP contribution >= 0.6 is 15.9 Å². The molecule has 25 heavy (non-hydrogen) atoms. The molecular weight excluding hydrogens is 380 g/mol. The van der Waals surface area contributed by atoms with Crippen molar-refractivity contribution in [3.8, 4) is 5.75 Å². The minimum absolute atomic E-state index is 0.0587. The van der Waals surface area contributed by atoms with Crippen LogP contribution in [0.25, 0.3) is 10.9 Å². The first kappa shape index (κ1) is 16.5. The molecule has 1 atom stereocenters. The monoisotopic (exact) mass is 399 g/mol. The van der Waals surface area contributed by atoms with Crippen molar-refractivity contribution in [2.75, 3.05) is 26.3 Å². The molecule has 2 N–H and O–H groups in total. The first-order valence-electron chi connectivity index (χ1n) is 8.48. The van der Waals surface area contributed by atoms with Crippen LogP contribution in [0.3, 0.4) is 0 Å². The number of rotatable bonds is 3. The van der Waals surface area contributed by atoms with E-state index in [4.69, 9.17) is 4.74 Å². The Labute approximate surface area is 155 Å². The number of nitrogens with zero attached hydrogens (tertiary/aromatic N) is 1. The number of phenolic OH excluding ortho intramolecular Hbond substituents is 1. The van der Waals surface area contributed by atoms with Gasteiger partial charge in [0.25, 0.3) is 0 Å². The summed E-state index contributed by atoms with van der Waals surface area (Å²) < 4.78 is 6.59. The molecule has 5 heteroatoms. The van der Waals surface area contributed by atoms with Gasteiger partial charge in [-0.15, -0.1) is 0 Å². The first-order chi connectivity index (χ1) is 12.2. The third-order valence-electron chi connectivity index (χ3n) is 4.84. The molecule has 0 spiro atoms. The van der Waals surface area contributed by atoms with Crippen LogP contribution in [0, 0.1) is 0 Å². The van der Waals surface area contributed by atoms with Gasteiger partial charge in [0.05, 0.1) is 18.8 Å². The Balaban J connectivity index is 1.85. The fourth-order valence-electron chi connectivity index (χ4n) is 3.59. The van der Waals surface area contributed by atoms with E-state index in [-0.39, 0.29) is 11.8 Å². The number of nitrogens with one attached hydrogen (secondary N) is 1. The highest BCUT2D eigenvalue weighted by molar-refractivity contribution is 9.10. The molecule has 4 nitrogen and oxygen atoms in total. The molecule has 1 aliphatic rings. The van der Waals surface area contributed by atoms with E-state index in [1.54, 1.807) is 6.20 Å². The maximum Gasteiger partial charge on any atom is 0.151 e. The minimum Gasteiger partial charge on any atom is -0.505 e. The van der Waals surface area contributed by atoms with Gasteiger partial charge in [-0.25, -0.2) is 0 Å². The second-order valence-electron chi connectivity index (χ2n) is 6.33. The SMILES string of the molecule is Oc1c([C@@H](c2ccc(Br)cc2)[NH+]2CCOCC2)ccc2cccnc12. The van der Waals surface area contributed by atoms with Crippen molar-refractivity contribution in [3.63, 3.8) is 0 Å². The molecule has 0 aliphatic carbocycles. The zero-order chi connectivity index (χ0) is 17.2. The molecule has 1 fully saturated rings. The van der Waals surface area contributed by atoms with Gasteiger partial charge in [0.1, 0.15) is 24.6 Å². The van der Waals surface area contributed by atoms with Gasteiger partial charge in [0.15, 0.2) is 5.75 Å². The normalized spacial score (nSPS) is 16.8. The highest BCUT2D eigenvalue weighted by Crippen LogP contribution is 2.33. The van der Waals surface area contributed by atoms with E-state index in [1.807, 2.05) is 24.3 Å². The fourth-order valence-corrected chi connectivity index (χ4v) is 3.86. The van der Waals surface area contributed by atoms with E-state index in [0.29, 0.717) is 5.52 Å². The summed E-state index contributed by atoms with van der Waals surface area (Å²) in [6, 6.07) is 16.4. The number of phenols is 1. The average molecular weight is 400 g/mol. The lowest BCUT2D eigenvalue weighted by Gasteiger charge is -2.32. The number of hydrogen-bond acceptors (Lipinski definition) is 3. The van der Waals surface area contributed by atoms with Crippen LogP contribution in [0.1, 0.15) is 17.2 Å². The van der Waals surface area contributed by atoms with E-state index in [9.17, 15) is 5.11 Å². The summed E-state index contributed by atoms with van der Waals surface area (Å²) in [5.41, 5.74) is 2.77. The van der Waals surface area contributed by atoms with Crippen molar-refractivity contribution in [2.45, 2.75) is 6.04 Å². The van der Waals surface area contributed by atoms with Crippen molar-refractivity contribution in [3.05, 3.63) is 70.3 Å². The highest BCUT2D eigenvalue weighted by atomic mass is 79.9. The lowest BCUT2D eigenvalue weighted by Crippen LogP contribution is -3.14. The molecular formula is C20H20BrN2O2+.